The molecule has 0 amide bonds. The van der Waals surface area contributed by atoms with Crippen LogP contribution in [0.4, 0.5) is 0 Å². The van der Waals surface area contributed by atoms with E-state index in [1.165, 1.54) is 16.7 Å². The molecule has 0 spiro atoms. The third-order valence-corrected chi connectivity index (χ3v) is 3.18. The van der Waals surface area contributed by atoms with Gasteiger partial charge >= 0.3 is 0 Å². The van der Waals surface area contributed by atoms with Crippen LogP contribution in [0.5, 0.6) is 0 Å². The van der Waals surface area contributed by atoms with Gasteiger partial charge in [-0.15, -0.1) is 0 Å². The lowest BCUT2D eigenvalue weighted by Crippen LogP contribution is -2.38. The van der Waals surface area contributed by atoms with Crippen LogP contribution in [0.15, 0.2) is 18.2 Å². The predicted molar refractivity (Wildman–Crippen MR) is 82.9 cm³/mol. The molecule has 1 aromatic carbocycles. The van der Waals surface area contributed by atoms with Crippen LogP contribution in [0.3, 0.4) is 0 Å². The van der Waals surface area contributed by atoms with E-state index in [0.717, 1.165) is 11.7 Å². The molecule has 0 aliphatic rings. The Bertz CT molecular complexity index is 413. The van der Waals surface area contributed by atoms with E-state index in [1.807, 2.05) is 0 Å². The van der Waals surface area contributed by atoms with Crippen molar-refractivity contribution in [3.63, 3.8) is 0 Å². The summed E-state index contributed by atoms with van der Waals surface area (Å²) in [4.78, 5) is 0. The maximum Gasteiger partial charge on any atom is 0.166 e. The number of hydrogen-bond acceptors (Lipinski definition) is 1. The van der Waals surface area contributed by atoms with E-state index >= 15 is 0 Å². The van der Waals surface area contributed by atoms with E-state index in [9.17, 15) is 0 Å². The summed E-state index contributed by atoms with van der Waals surface area (Å²) in [6.07, 6.45) is 0. The lowest BCUT2D eigenvalue weighted by atomic mass is 10.0. The maximum atomic E-state index is 5.30. The van der Waals surface area contributed by atoms with E-state index < -0.39 is 0 Å². The first-order valence-corrected chi connectivity index (χ1v) is 6.92. The molecule has 0 saturated carbocycles. The molecule has 0 heterocycles. The van der Waals surface area contributed by atoms with Crippen LogP contribution in [0.25, 0.3) is 0 Å². The van der Waals surface area contributed by atoms with Crippen molar-refractivity contribution in [2.24, 2.45) is 5.92 Å². The summed E-state index contributed by atoms with van der Waals surface area (Å²) in [5, 5.41) is 7.31. The minimum Gasteiger partial charge on any atom is -0.362 e. The van der Waals surface area contributed by atoms with Gasteiger partial charge < -0.3 is 10.6 Å². The molecule has 1 aromatic rings. The first-order chi connectivity index (χ1) is 8.40. The van der Waals surface area contributed by atoms with Crippen molar-refractivity contribution in [1.29, 1.82) is 0 Å². The number of thiocarbonyl (C=S) groups is 1. The molecule has 0 fully saturated rings. The Hall–Kier alpha value is -1.09. The summed E-state index contributed by atoms with van der Waals surface area (Å²) in [6.45, 7) is 11.6. The average Bonchev–Trinajstić information content (AvgIpc) is 2.29. The number of rotatable bonds is 4. The molecule has 1 unspecified atom stereocenters. The minimum atomic E-state index is 0.233. The molecule has 0 aliphatic carbocycles. The molecule has 100 valence electrons. The lowest BCUT2D eigenvalue weighted by Gasteiger charge is -2.20. The SMILES string of the molecule is Cc1ccc(C)c(C(C)NC(=S)NCC(C)C)c1. The largest absolute Gasteiger partial charge is 0.362 e. The third-order valence-electron chi connectivity index (χ3n) is 2.92. The van der Waals surface area contributed by atoms with Gasteiger partial charge in [0, 0.05) is 6.54 Å². The van der Waals surface area contributed by atoms with Gasteiger partial charge in [0.1, 0.15) is 0 Å². The summed E-state index contributed by atoms with van der Waals surface area (Å²) in [6, 6.07) is 6.75. The van der Waals surface area contributed by atoms with Gasteiger partial charge in [0.15, 0.2) is 5.11 Å². The van der Waals surface area contributed by atoms with Crippen molar-refractivity contribution in [2.75, 3.05) is 6.54 Å². The monoisotopic (exact) mass is 264 g/mol. The molecular weight excluding hydrogens is 240 g/mol. The fraction of sp³-hybridized carbons (Fsp3) is 0.533. The Morgan fingerprint density at radius 1 is 1.22 bits per heavy atom. The van der Waals surface area contributed by atoms with Crippen LogP contribution in [-0.4, -0.2) is 11.7 Å². The van der Waals surface area contributed by atoms with Crippen molar-refractivity contribution in [3.8, 4) is 0 Å². The van der Waals surface area contributed by atoms with Crippen LogP contribution in [-0.2, 0) is 0 Å². The second-order valence-corrected chi connectivity index (χ2v) is 5.74. The summed E-state index contributed by atoms with van der Waals surface area (Å²) < 4.78 is 0. The van der Waals surface area contributed by atoms with Gasteiger partial charge in [-0.25, -0.2) is 0 Å². The Morgan fingerprint density at radius 2 is 1.89 bits per heavy atom. The van der Waals surface area contributed by atoms with Crippen LogP contribution >= 0.6 is 12.2 Å². The number of benzene rings is 1. The van der Waals surface area contributed by atoms with Crippen LogP contribution in [0.2, 0.25) is 0 Å². The van der Waals surface area contributed by atoms with E-state index in [0.29, 0.717) is 5.92 Å². The van der Waals surface area contributed by atoms with Gasteiger partial charge in [0.05, 0.1) is 6.04 Å². The molecule has 1 atom stereocenters. The zero-order valence-electron chi connectivity index (χ0n) is 12.0. The van der Waals surface area contributed by atoms with Gasteiger partial charge in [0.25, 0.3) is 0 Å². The number of hydrogen-bond donors (Lipinski definition) is 2. The summed E-state index contributed by atoms with van der Waals surface area (Å²) >= 11 is 5.30. The smallest absolute Gasteiger partial charge is 0.166 e. The highest BCUT2D eigenvalue weighted by molar-refractivity contribution is 7.80. The van der Waals surface area contributed by atoms with Crippen molar-refractivity contribution in [3.05, 3.63) is 34.9 Å². The van der Waals surface area contributed by atoms with Gasteiger partial charge in [-0.3, -0.25) is 0 Å². The Labute approximate surface area is 116 Å². The highest BCUT2D eigenvalue weighted by atomic mass is 32.1. The molecule has 2 N–H and O–H groups in total. The maximum absolute atomic E-state index is 5.30. The quantitative estimate of drug-likeness (QED) is 0.814. The first-order valence-electron chi connectivity index (χ1n) is 6.51. The predicted octanol–water partition coefficient (Wildman–Crippen LogP) is 3.48. The Kier molecular flexibility index (Phi) is 5.60. The van der Waals surface area contributed by atoms with Crippen LogP contribution in [0, 0.1) is 19.8 Å². The Balaban J connectivity index is 2.62. The molecule has 0 aliphatic heterocycles. The van der Waals surface area contributed by atoms with E-state index in [2.05, 4.69) is 63.5 Å². The van der Waals surface area contributed by atoms with Gasteiger partial charge in [-0.05, 0) is 50.0 Å². The first kappa shape index (κ1) is 15.0. The van der Waals surface area contributed by atoms with Gasteiger partial charge in [0.2, 0.25) is 0 Å². The zero-order valence-corrected chi connectivity index (χ0v) is 12.8. The Morgan fingerprint density at radius 3 is 2.50 bits per heavy atom. The van der Waals surface area contributed by atoms with E-state index in [4.69, 9.17) is 12.2 Å². The summed E-state index contributed by atoms with van der Waals surface area (Å²) in [5.74, 6) is 0.598. The van der Waals surface area contributed by atoms with Gasteiger partial charge in [-0.1, -0.05) is 37.6 Å². The molecule has 2 nitrogen and oxygen atoms in total. The standard InChI is InChI=1S/C15H24N2S/c1-10(2)9-16-15(18)17-13(5)14-8-11(3)6-7-12(14)4/h6-8,10,13H,9H2,1-5H3,(H2,16,17,18). The average molecular weight is 264 g/mol. The molecule has 18 heavy (non-hydrogen) atoms. The molecule has 0 radical (unpaired) electrons. The minimum absolute atomic E-state index is 0.233. The molecule has 3 heteroatoms. The number of aryl methyl sites for hydroxylation is 2. The zero-order chi connectivity index (χ0) is 13.7. The molecule has 0 saturated heterocycles. The fourth-order valence-corrected chi connectivity index (χ4v) is 2.11. The third kappa shape index (κ3) is 4.65. The molecule has 0 aromatic heterocycles. The van der Waals surface area contributed by atoms with Gasteiger partial charge in [-0.2, -0.15) is 0 Å². The summed E-state index contributed by atoms with van der Waals surface area (Å²) in [7, 11) is 0. The topological polar surface area (TPSA) is 24.1 Å². The van der Waals surface area contributed by atoms with Crippen molar-refractivity contribution in [2.45, 2.75) is 40.7 Å². The normalized spacial score (nSPS) is 12.3. The molecule has 0 bridgehead atoms. The number of nitrogens with one attached hydrogen (secondary N) is 2. The van der Waals surface area contributed by atoms with Crippen LogP contribution in [0.1, 0.15) is 43.5 Å². The van der Waals surface area contributed by atoms with Crippen LogP contribution < -0.4 is 10.6 Å². The van der Waals surface area contributed by atoms with Crippen molar-refractivity contribution < 1.29 is 0 Å². The highest BCUT2D eigenvalue weighted by Gasteiger charge is 2.09. The second-order valence-electron chi connectivity index (χ2n) is 5.33. The second kappa shape index (κ2) is 6.74. The van der Waals surface area contributed by atoms with E-state index in [-0.39, 0.29) is 6.04 Å². The lowest BCUT2D eigenvalue weighted by molar-refractivity contribution is 0.608. The summed E-state index contributed by atoms with van der Waals surface area (Å²) in [5.41, 5.74) is 3.89. The molecular formula is C15H24N2S. The van der Waals surface area contributed by atoms with Crippen molar-refractivity contribution >= 4 is 17.3 Å². The highest BCUT2D eigenvalue weighted by Crippen LogP contribution is 2.18. The van der Waals surface area contributed by atoms with E-state index in [1.54, 1.807) is 0 Å². The molecule has 1 rings (SSSR count). The fourth-order valence-electron chi connectivity index (χ4n) is 1.85. The van der Waals surface area contributed by atoms with Crippen molar-refractivity contribution in [1.82, 2.24) is 10.6 Å².